The molecule has 0 fully saturated rings. The minimum Gasteiger partial charge on any atom is -0.383 e. The molecule has 2 aromatic heterocycles. The first-order valence-corrected chi connectivity index (χ1v) is 9.49. The van der Waals surface area contributed by atoms with Crippen LogP contribution in [0.2, 0.25) is 0 Å². The van der Waals surface area contributed by atoms with Crippen molar-refractivity contribution in [2.45, 2.75) is 32.5 Å². The van der Waals surface area contributed by atoms with Gasteiger partial charge < -0.3 is 13.9 Å². The standard InChI is InChI=1S/C20H26N6O/c1-27-14-13-25-10-8-21-20(25)16-24-9-7-18-22-23-19(26(18)12-11-24)15-17-5-3-2-4-6-17/h2-6,8,10H,7,9,11-16H2,1H3. The Morgan fingerprint density at radius 1 is 1.04 bits per heavy atom. The summed E-state index contributed by atoms with van der Waals surface area (Å²) in [4.78, 5) is 6.99. The fraction of sp³-hybridized carbons (Fsp3) is 0.450. The van der Waals surface area contributed by atoms with Crippen LogP contribution in [-0.2, 0) is 37.2 Å². The highest BCUT2D eigenvalue weighted by molar-refractivity contribution is 5.19. The van der Waals surface area contributed by atoms with E-state index >= 15 is 0 Å². The van der Waals surface area contributed by atoms with Crippen LogP contribution in [0.3, 0.4) is 0 Å². The Hall–Kier alpha value is -2.51. The van der Waals surface area contributed by atoms with Crippen LogP contribution in [0.5, 0.6) is 0 Å². The van der Waals surface area contributed by atoms with Gasteiger partial charge >= 0.3 is 0 Å². The number of methoxy groups -OCH3 is 1. The Labute approximate surface area is 159 Å². The molecule has 3 aromatic rings. The zero-order valence-corrected chi connectivity index (χ0v) is 15.8. The van der Waals surface area contributed by atoms with E-state index in [1.807, 2.05) is 18.5 Å². The number of hydrogen-bond acceptors (Lipinski definition) is 5. The summed E-state index contributed by atoms with van der Waals surface area (Å²) in [6.45, 7) is 5.26. The summed E-state index contributed by atoms with van der Waals surface area (Å²) in [5.41, 5.74) is 1.27. The largest absolute Gasteiger partial charge is 0.383 e. The maximum absolute atomic E-state index is 5.19. The normalized spacial score (nSPS) is 14.9. The van der Waals surface area contributed by atoms with Crippen molar-refractivity contribution >= 4 is 0 Å². The molecule has 1 aliphatic heterocycles. The lowest BCUT2D eigenvalue weighted by Crippen LogP contribution is -2.28. The molecule has 142 valence electrons. The lowest BCUT2D eigenvalue weighted by atomic mass is 10.1. The summed E-state index contributed by atoms with van der Waals surface area (Å²) in [5.74, 6) is 3.24. The van der Waals surface area contributed by atoms with Crippen LogP contribution in [0.1, 0.15) is 23.0 Å². The Kier molecular flexibility index (Phi) is 5.60. The molecule has 7 nitrogen and oxygen atoms in total. The van der Waals surface area contributed by atoms with Crippen molar-refractivity contribution in [3.63, 3.8) is 0 Å². The zero-order valence-electron chi connectivity index (χ0n) is 15.8. The molecule has 7 heteroatoms. The van der Waals surface area contributed by atoms with Crippen LogP contribution in [-0.4, -0.2) is 56.0 Å². The molecular formula is C20H26N6O. The number of fused-ring (bicyclic) bond motifs is 1. The second-order valence-electron chi connectivity index (χ2n) is 6.90. The lowest BCUT2D eigenvalue weighted by Gasteiger charge is -2.20. The van der Waals surface area contributed by atoms with Crippen molar-refractivity contribution in [1.29, 1.82) is 0 Å². The highest BCUT2D eigenvalue weighted by atomic mass is 16.5. The minimum absolute atomic E-state index is 0.702. The molecule has 3 heterocycles. The quantitative estimate of drug-likeness (QED) is 0.638. The third kappa shape index (κ3) is 4.26. The van der Waals surface area contributed by atoms with Crippen LogP contribution >= 0.6 is 0 Å². The van der Waals surface area contributed by atoms with Gasteiger partial charge in [0.05, 0.1) is 13.2 Å². The molecule has 0 spiro atoms. The summed E-state index contributed by atoms with van der Waals surface area (Å²) < 4.78 is 9.67. The van der Waals surface area contributed by atoms with Crippen LogP contribution in [0.4, 0.5) is 0 Å². The van der Waals surface area contributed by atoms with Crippen LogP contribution in [0.15, 0.2) is 42.7 Å². The van der Waals surface area contributed by atoms with Gasteiger partial charge in [0, 0.05) is 58.5 Å². The minimum atomic E-state index is 0.702. The lowest BCUT2D eigenvalue weighted by molar-refractivity contribution is 0.183. The summed E-state index contributed by atoms with van der Waals surface area (Å²) in [7, 11) is 1.73. The summed E-state index contributed by atoms with van der Waals surface area (Å²) in [5, 5.41) is 8.90. The van der Waals surface area contributed by atoms with Gasteiger partial charge in [0.1, 0.15) is 17.5 Å². The number of imidazole rings is 1. The number of benzene rings is 1. The van der Waals surface area contributed by atoms with Gasteiger partial charge in [-0.15, -0.1) is 10.2 Å². The van der Waals surface area contributed by atoms with Crippen LogP contribution in [0, 0.1) is 0 Å². The van der Waals surface area contributed by atoms with E-state index in [1.54, 1.807) is 7.11 Å². The second-order valence-corrected chi connectivity index (χ2v) is 6.90. The molecule has 0 amide bonds. The first-order chi connectivity index (χ1) is 13.3. The molecular weight excluding hydrogens is 340 g/mol. The number of hydrogen-bond donors (Lipinski definition) is 0. The van der Waals surface area contributed by atoms with Gasteiger partial charge in [-0.25, -0.2) is 4.98 Å². The number of rotatable bonds is 7. The van der Waals surface area contributed by atoms with Crippen LogP contribution in [0.25, 0.3) is 0 Å². The monoisotopic (exact) mass is 366 g/mol. The fourth-order valence-corrected chi connectivity index (χ4v) is 3.58. The predicted octanol–water partition coefficient (Wildman–Crippen LogP) is 1.77. The maximum atomic E-state index is 5.19. The molecule has 0 unspecified atom stereocenters. The Bertz CT molecular complexity index is 856. The van der Waals surface area contributed by atoms with Crippen molar-refractivity contribution in [2.24, 2.45) is 0 Å². The van der Waals surface area contributed by atoms with Gasteiger partial charge in [0.15, 0.2) is 0 Å². The second kappa shape index (κ2) is 8.45. The van der Waals surface area contributed by atoms with Crippen molar-refractivity contribution in [3.8, 4) is 0 Å². The van der Waals surface area contributed by atoms with E-state index in [9.17, 15) is 0 Å². The number of aromatic nitrogens is 5. The van der Waals surface area contributed by atoms with Crippen molar-refractivity contribution < 1.29 is 4.74 Å². The first-order valence-electron chi connectivity index (χ1n) is 9.49. The van der Waals surface area contributed by atoms with Crippen LogP contribution < -0.4 is 0 Å². The first kappa shape index (κ1) is 17.9. The highest BCUT2D eigenvalue weighted by Crippen LogP contribution is 2.14. The van der Waals surface area contributed by atoms with Gasteiger partial charge in [-0.3, -0.25) is 4.90 Å². The molecule has 0 aliphatic carbocycles. The topological polar surface area (TPSA) is 61.0 Å². The molecule has 0 saturated heterocycles. The van der Waals surface area contributed by atoms with Crippen molar-refractivity contribution in [2.75, 3.05) is 26.8 Å². The Balaban J connectivity index is 1.41. The molecule has 4 rings (SSSR count). The van der Waals surface area contributed by atoms with Crippen molar-refractivity contribution in [3.05, 3.63) is 65.8 Å². The van der Waals surface area contributed by atoms with E-state index in [0.717, 1.165) is 63.0 Å². The zero-order chi connectivity index (χ0) is 18.5. The molecule has 1 aromatic carbocycles. The Morgan fingerprint density at radius 3 is 2.78 bits per heavy atom. The molecule has 1 aliphatic rings. The average molecular weight is 366 g/mol. The van der Waals surface area contributed by atoms with Gasteiger partial charge in [-0.1, -0.05) is 30.3 Å². The fourth-order valence-electron chi connectivity index (χ4n) is 3.58. The summed E-state index contributed by atoms with van der Waals surface area (Å²) in [6, 6.07) is 10.5. The number of ether oxygens (including phenoxy) is 1. The smallest absolute Gasteiger partial charge is 0.137 e. The van der Waals surface area contributed by atoms with Gasteiger partial charge in [0.2, 0.25) is 0 Å². The van der Waals surface area contributed by atoms with E-state index < -0.39 is 0 Å². The van der Waals surface area contributed by atoms with E-state index in [2.05, 4.69) is 53.5 Å². The van der Waals surface area contributed by atoms with E-state index in [0.29, 0.717) is 6.61 Å². The Morgan fingerprint density at radius 2 is 1.93 bits per heavy atom. The van der Waals surface area contributed by atoms with Gasteiger partial charge in [0.25, 0.3) is 0 Å². The van der Waals surface area contributed by atoms with Gasteiger partial charge in [-0.05, 0) is 5.56 Å². The summed E-state index contributed by atoms with van der Waals surface area (Å²) in [6.07, 6.45) is 5.64. The maximum Gasteiger partial charge on any atom is 0.137 e. The molecule has 0 atom stereocenters. The summed E-state index contributed by atoms with van der Waals surface area (Å²) >= 11 is 0. The molecule has 0 radical (unpaired) electrons. The van der Waals surface area contributed by atoms with Crippen molar-refractivity contribution in [1.82, 2.24) is 29.2 Å². The predicted molar refractivity (Wildman–Crippen MR) is 102 cm³/mol. The number of nitrogens with zero attached hydrogens (tertiary/aromatic N) is 6. The third-order valence-corrected chi connectivity index (χ3v) is 5.10. The molecule has 27 heavy (non-hydrogen) atoms. The molecule has 0 N–H and O–H groups in total. The molecule has 0 bridgehead atoms. The highest BCUT2D eigenvalue weighted by Gasteiger charge is 2.20. The molecule has 0 saturated carbocycles. The van der Waals surface area contributed by atoms with E-state index in [4.69, 9.17) is 4.74 Å². The van der Waals surface area contributed by atoms with Gasteiger partial charge in [-0.2, -0.15) is 0 Å². The van der Waals surface area contributed by atoms with E-state index in [-0.39, 0.29) is 0 Å². The SMILES string of the molecule is COCCn1ccnc1CN1CCc2nnc(Cc3ccccc3)n2CC1. The average Bonchev–Trinajstić information content (AvgIpc) is 3.23. The third-order valence-electron chi connectivity index (χ3n) is 5.10. The van der Waals surface area contributed by atoms with E-state index in [1.165, 1.54) is 5.56 Å².